The van der Waals surface area contributed by atoms with Crippen LogP contribution in [0.3, 0.4) is 0 Å². The summed E-state index contributed by atoms with van der Waals surface area (Å²) in [5.41, 5.74) is 0. The molecule has 358 valence electrons. The fraction of sp³-hybridized carbons (Fsp3) is 0.771. The van der Waals surface area contributed by atoms with Gasteiger partial charge >= 0.3 is 11.9 Å². The van der Waals surface area contributed by atoms with Crippen LogP contribution in [0.15, 0.2) is 48.6 Å². The molecule has 1 aliphatic carbocycles. The highest BCUT2D eigenvalue weighted by molar-refractivity contribution is 7.45. The van der Waals surface area contributed by atoms with Gasteiger partial charge in [0.25, 0.3) is 7.82 Å². The summed E-state index contributed by atoms with van der Waals surface area (Å²) in [6.07, 6.45) is 29.2. The van der Waals surface area contributed by atoms with Crippen molar-refractivity contribution in [2.24, 2.45) is 11.8 Å². The molecular weight excluding hydrogens is 813 g/mol. The Morgan fingerprint density at radius 1 is 0.742 bits per heavy atom. The van der Waals surface area contributed by atoms with E-state index in [0.717, 1.165) is 38.5 Å². The summed E-state index contributed by atoms with van der Waals surface area (Å²) in [7, 11) is 0.906. The molecule has 0 aromatic carbocycles. The van der Waals surface area contributed by atoms with Crippen molar-refractivity contribution in [1.82, 2.24) is 0 Å². The average molecular weight is 898 g/mol. The molecule has 1 fully saturated rings. The SMILES string of the molecule is CCCCCCCC/C=C\C/C=C\C/C=C\CCCC(=O)OC[C@H](COP(=O)([O-])OCC[N+](C)(C)C)OC(=O)CCCCC(=O)C[C@@H]1[C@@H](/C=C/[C@@H](O)CCCCC)[C@H](O)C[C@@H]1O. The molecule has 62 heavy (non-hydrogen) atoms. The van der Waals surface area contributed by atoms with Gasteiger partial charge in [-0.2, -0.15) is 0 Å². The van der Waals surface area contributed by atoms with Crippen LogP contribution < -0.4 is 4.89 Å². The summed E-state index contributed by atoms with van der Waals surface area (Å²) in [5, 5.41) is 31.4. The molecular formula is C48H84NO12P. The van der Waals surface area contributed by atoms with Crippen LogP contribution in [0, 0.1) is 11.8 Å². The van der Waals surface area contributed by atoms with Gasteiger partial charge in [0, 0.05) is 43.9 Å². The maximum Gasteiger partial charge on any atom is 0.306 e. The minimum Gasteiger partial charge on any atom is -0.756 e. The number of hydrogen-bond donors (Lipinski definition) is 3. The number of quaternary nitrogens is 1. The molecule has 0 aliphatic heterocycles. The number of ether oxygens (including phenoxy) is 2. The van der Waals surface area contributed by atoms with Crippen molar-refractivity contribution in [2.75, 3.05) is 47.5 Å². The zero-order valence-corrected chi connectivity index (χ0v) is 39.8. The molecule has 1 saturated carbocycles. The van der Waals surface area contributed by atoms with Gasteiger partial charge in [0.2, 0.25) is 0 Å². The second-order valence-electron chi connectivity index (χ2n) is 17.7. The fourth-order valence-corrected chi connectivity index (χ4v) is 7.75. The van der Waals surface area contributed by atoms with Gasteiger partial charge in [0.15, 0.2) is 6.10 Å². The van der Waals surface area contributed by atoms with E-state index in [4.69, 9.17) is 18.5 Å². The van der Waals surface area contributed by atoms with Gasteiger partial charge < -0.3 is 43.2 Å². The number of Topliss-reactive ketones (excluding diaryl/α,β-unsaturated/α-hetero) is 1. The number of unbranched alkanes of at least 4 members (excludes halogenated alkanes) is 10. The molecule has 1 aliphatic rings. The maximum atomic E-state index is 12.9. The Bertz CT molecular complexity index is 1380. The number of nitrogens with zero attached hydrogens (tertiary/aromatic N) is 1. The lowest BCUT2D eigenvalue weighted by Gasteiger charge is -2.28. The summed E-state index contributed by atoms with van der Waals surface area (Å²) in [5.74, 6) is -2.22. The number of aliphatic hydroxyl groups excluding tert-OH is 3. The topological polar surface area (TPSA) is 189 Å². The summed E-state index contributed by atoms with van der Waals surface area (Å²) >= 11 is 0. The van der Waals surface area contributed by atoms with Crippen LogP contribution >= 0.6 is 7.82 Å². The Balaban J connectivity index is 2.54. The van der Waals surface area contributed by atoms with Gasteiger partial charge in [-0.3, -0.25) is 18.9 Å². The van der Waals surface area contributed by atoms with Crippen molar-refractivity contribution in [1.29, 1.82) is 0 Å². The summed E-state index contributed by atoms with van der Waals surface area (Å²) in [6, 6.07) is 0. The van der Waals surface area contributed by atoms with Crippen LogP contribution in [0.25, 0.3) is 0 Å². The molecule has 0 saturated heterocycles. The zero-order chi connectivity index (χ0) is 46.1. The van der Waals surface area contributed by atoms with Gasteiger partial charge in [-0.1, -0.05) is 114 Å². The molecule has 0 radical (unpaired) electrons. The van der Waals surface area contributed by atoms with E-state index in [-0.39, 0.29) is 44.5 Å². The third-order valence-electron chi connectivity index (χ3n) is 10.8. The van der Waals surface area contributed by atoms with Crippen molar-refractivity contribution >= 4 is 25.5 Å². The van der Waals surface area contributed by atoms with Crippen LogP contribution in [-0.4, -0.2) is 109 Å². The van der Waals surface area contributed by atoms with E-state index in [9.17, 15) is 39.2 Å². The molecule has 0 aromatic rings. The van der Waals surface area contributed by atoms with E-state index < -0.39 is 69.2 Å². The van der Waals surface area contributed by atoms with E-state index in [1.54, 1.807) is 12.2 Å². The van der Waals surface area contributed by atoms with E-state index >= 15 is 0 Å². The number of likely N-dealkylation sites (N-methyl/N-ethyl adjacent to an activating group) is 1. The predicted molar refractivity (Wildman–Crippen MR) is 243 cm³/mol. The number of phosphoric ester groups is 1. The van der Waals surface area contributed by atoms with Gasteiger partial charge in [-0.05, 0) is 57.8 Å². The van der Waals surface area contributed by atoms with Gasteiger partial charge in [-0.25, -0.2) is 0 Å². The number of esters is 2. The number of ketones is 1. The third-order valence-corrected chi connectivity index (χ3v) is 11.8. The molecule has 14 heteroatoms. The molecule has 0 bridgehead atoms. The molecule has 0 amide bonds. The van der Waals surface area contributed by atoms with Crippen LogP contribution in [0.5, 0.6) is 0 Å². The van der Waals surface area contributed by atoms with E-state index in [1.807, 2.05) is 27.2 Å². The standard InChI is InChI=1S/C48H84NO12P/c1-6-8-10-11-12-13-14-15-16-17-18-19-20-21-22-23-25-30-47(54)58-38-42(39-60-62(56,57)59-35-34-49(3,4)5)61-48(55)31-27-26-29-41(51)36-44-43(45(52)37-46(44)53)33-32-40(50)28-24-9-7-2/h15-16,18-19,21-22,32-33,40,42-46,50,52-53H,6-14,17,20,23-31,34-39H2,1-5H3/b16-15-,19-18-,22-21-,33-32+/t40-,42+,43+,44+,45+,46-/m0/s1. The monoisotopic (exact) mass is 898 g/mol. The van der Waals surface area contributed by atoms with Crippen LogP contribution in [0.2, 0.25) is 0 Å². The second-order valence-corrected chi connectivity index (χ2v) is 19.1. The predicted octanol–water partition coefficient (Wildman–Crippen LogP) is 8.39. The number of hydrogen-bond acceptors (Lipinski definition) is 12. The average Bonchev–Trinajstić information content (AvgIpc) is 3.47. The number of rotatable bonds is 38. The zero-order valence-electron chi connectivity index (χ0n) is 38.9. The molecule has 3 N–H and O–H groups in total. The van der Waals surface area contributed by atoms with Crippen molar-refractivity contribution < 1.29 is 62.2 Å². The summed E-state index contributed by atoms with van der Waals surface area (Å²) in [4.78, 5) is 50.7. The first-order valence-electron chi connectivity index (χ1n) is 23.5. The van der Waals surface area contributed by atoms with Crippen LogP contribution in [0.4, 0.5) is 0 Å². The molecule has 0 heterocycles. The third kappa shape index (κ3) is 31.4. The highest BCUT2D eigenvalue weighted by atomic mass is 31.2. The molecule has 0 spiro atoms. The lowest BCUT2D eigenvalue weighted by Crippen LogP contribution is -2.37. The number of carbonyl (C=O) groups is 3. The Morgan fingerprint density at radius 2 is 1.34 bits per heavy atom. The van der Waals surface area contributed by atoms with E-state index in [1.165, 1.54) is 38.5 Å². The van der Waals surface area contributed by atoms with Gasteiger partial charge in [0.05, 0.1) is 46.1 Å². The molecule has 0 aromatic heterocycles. The van der Waals surface area contributed by atoms with E-state index in [2.05, 4.69) is 44.2 Å². The quantitative estimate of drug-likeness (QED) is 0.0177. The Hall–Kier alpha value is -2.48. The molecule has 1 rings (SSSR count). The number of carbonyl (C=O) groups excluding carboxylic acids is 3. The van der Waals surface area contributed by atoms with Crippen molar-refractivity contribution in [3.8, 4) is 0 Å². The number of aliphatic hydroxyl groups is 3. The summed E-state index contributed by atoms with van der Waals surface area (Å²) in [6.45, 7) is 3.61. The largest absolute Gasteiger partial charge is 0.756 e. The van der Waals surface area contributed by atoms with Gasteiger partial charge in [-0.15, -0.1) is 0 Å². The highest BCUT2D eigenvalue weighted by Crippen LogP contribution is 2.39. The van der Waals surface area contributed by atoms with Crippen molar-refractivity contribution in [3.05, 3.63) is 48.6 Å². The van der Waals surface area contributed by atoms with Crippen molar-refractivity contribution in [3.63, 3.8) is 0 Å². The molecule has 13 nitrogen and oxygen atoms in total. The first-order valence-corrected chi connectivity index (χ1v) is 25.0. The smallest absolute Gasteiger partial charge is 0.306 e. The fourth-order valence-electron chi connectivity index (χ4n) is 7.02. The van der Waals surface area contributed by atoms with E-state index in [0.29, 0.717) is 43.1 Å². The second kappa shape index (κ2) is 34.9. The first kappa shape index (κ1) is 57.5. The lowest BCUT2D eigenvalue weighted by atomic mass is 9.87. The first-order chi connectivity index (χ1) is 29.6. The summed E-state index contributed by atoms with van der Waals surface area (Å²) < 4.78 is 33.7. The lowest BCUT2D eigenvalue weighted by molar-refractivity contribution is -0.870. The number of phosphoric acid groups is 1. The highest BCUT2D eigenvalue weighted by Gasteiger charge is 2.41. The Kier molecular flexibility index (Phi) is 32.4. The Morgan fingerprint density at radius 3 is 2.02 bits per heavy atom. The molecule has 7 atom stereocenters. The normalized spacial score (nSPS) is 20.4. The maximum absolute atomic E-state index is 12.9. The minimum absolute atomic E-state index is 0.0611. The van der Waals surface area contributed by atoms with Crippen LogP contribution in [-0.2, 0) is 37.5 Å². The van der Waals surface area contributed by atoms with Crippen molar-refractivity contribution in [2.45, 2.75) is 180 Å². The van der Waals surface area contributed by atoms with Crippen LogP contribution in [0.1, 0.15) is 155 Å². The Labute approximate surface area is 374 Å². The minimum atomic E-state index is -4.75. The van der Waals surface area contributed by atoms with Gasteiger partial charge in [0.1, 0.15) is 25.5 Å². The molecule has 1 unspecified atom stereocenters. The number of allylic oxidation sites excluding steroid dienone is 6.